The molecule has 162 valence electrons. The average molecular weight is 454 g/mol. The van der Waals surface area contributed by atoms with Crippen LogP contribution < -0.4 is 5.32 Å². The van der Waals surface area contributed by atoms with Crippen LogP contribution in [-0.2, 0) is 6.54 Å². The fraction of sp³-hybridized carbons (Fsp3) is 0.0385. The number of carbonyl (C=O) groups is 1. The van der Waals surface area contributed by atoms with Crippen LogP contribution in [0.1, 0.15) is 15.9 Å². The molecule has 0 unspecified atom stereocenters. The summed E-state index contributed by atoms with van der Waals surface area (Å²) in [5, 5.41) is 12.5. The largest absolute Gasteiger partial charge is 0.322 e. The van der Waals surface area contributed by atoms with Gasteiger partial charge in [0.2, 0.25) is 0 Å². The molecule has 1 amide bonds. The SMILES string of the molecule is O=C(Nc1cccc(Cn2cc(Cl)cn2)c1)c1cn(-c2ccccc2)nc1-c1ccccc1. The Hall–Kier alpha value is -4.16. The number of benzene rings is 3. The molecule has 0 bridgehead atoms. The summed E-state index contributed by atoms with van der Waals surface area (Å²) in [4.78, 5) is 13.3. The van der Waals surface area contributed by atoms with Gasteiger partial charge in [-0.25, -0.2) is 4.68 Å². The number of rotatable bonds is 6. The van der Waals surface area contributed by atoms with E-state index in [1.54, 1.807) is 28.0 Å². The summed E-state index contributed by atoms with van der Waals surface area (Å²) in [5.74, 6) is -0.227. The molecule has 7 heteroatoms. The van der Waals surface area contributed by atoms with E-state index in [2.05, 4.69) is 10.4 Å². The van der Waals surface area contributed by atoms with Gasteiger partial charge in [-0.2, -0.15) is 10.2 Å². The number of halogens is 1. The van der Waals surface area contributed by atoms with E-state index in [1.807, 2.05) is 84.9 Å². The van der Waals surface area contributed by atoms with Crippen LogP contribution in [0.4, 0.5) is 5.69 Å². The van der Waals surface area contributed by atoms with Crippen molar-refractivity contribution in [3.63, 3.8) is 0 Å². The van der Waals surface area contributed by atoms with E-state index in [9.17, 15) is 4.79 Å². The zero-order valence-corrected chi connectivity index (χ0v) is 18.4. The molecule has 0 atom stereocenters. The molecule has 6 nitrogen and oxygen atoms in total. The Balaban J connectivity index is 1.44. The third-order valence-electron chi connectivity index (χ3n) is 5.16. The summed E-state index contributed by atoms with van der Waals surface area (Å²) in [7, 11) is 0. The van der Waals surface area contributed by atoms with E-state index in [0.717, 1.165) is 16.8 Å². The van der Waals surface area contributed by atoms with Crippen molar-refractivity contribution in [3.8, 4) is 16.9 Å². The Morgan fingerprint density at radius 1 is 0.909 bits per heavy atom. The second-order valence-corrected chi connectivity index (χ2v) is 7.98. The molecule has 2 aromatic heterocycles. The molecule has 1 N–H and O–H groups in total. The Labute approximate surface area is 196 Å². The molecule has 0 aliphatic heterocycles. The highest BCUT2D eigenvalue weighted by molar-refractivity contribution is 6.30. The molecule has 0 saturated carbocycles. The third kappa shape index (κ3) is 4.71. The standard InChI is InChI=1S/C26H20ClN5O/c27-21-15-28-31(17-21)16-19-8-7-11-22(14-19)29-26(33)24-18-32(23-12-5-2-6-13-23)30-25(24)20-9-3-1-4-10-20/h1-15,17-18H,16H2,(H,29,33). The van der Waals surface area contributed by atoms with Gasteiger partial charge >= 0.3 is 0 Å². The van der Waals surface area contributed by atoms with Gasteiger partial charge in [-0.1, -0.05) is 72.3 Å². The minimum Gasteiger partial charge on any atom is -0.322 e. The Kier molecular flexibility index (Phi) is 5.74. The van der Waals surface area contributed by atoms with Crippen molar-refractivity contribution in [1.82, 2.24) is 19.6 Å². The molecule has 5 rings (SSSR count). The molecule has 0 fully saturated rings. The first-order chi connectivity index (χ1) is 16.2. The van der Waals surface area contributed by atoms with Gasteiger partial charge in [0.1, 0.15) is 5.69 Å². The van der Waals surface area contributed by atoms with Gasteiger partial charge < -0.3 is 5.32 Å². The number of carbonyl (C=O) groups excluding carboxylic acids is 1. The Morgan fingerprint density at radius 3 is 2.39 bits per heavy atom. The highest BCUT2D eigenvalue weighted by Crippen LogP contribution is 2.25. The van der Waals surface area contributed by atoms with Crippen molar-refractivity contribution >= 4 is 23.2 Å². The topological polar surface area (TPSA) is 64.7 Å². The molecule has 0 aliphatic carbocycles. The predicted molar refractivity (Wildman–Crippen MR) is 130 cm³/mol. The first-order valence-electron chi connectivity index (χ1n) is 10.4. The van der Waals surface area contributed by atoms with E-state index >= 15 is 0 Å². The van der Waals surface area contributed by atoms with Gasteiger partial charge in [-0.15, -0.1) is 0 Å². The lowest BCUT2D eigenvalue weighted by Crippen LogP contribution is -2.12. The van der Waals surface area contributed by atoms with E-state index < -0.39 is 0 Å². The van der Waals surface area contributed by atoms with Crippen molar-refractivity contribution in [3.05, 3.63) is 120 Å². The van der Waals surface area contributed by atoms with E-state index in [4.69, 9.17) is 16.7 Å². The molecule has 3 aromatic carbocycles. The molecular formula is C26H20ClN5O. The summed E-state index contributed by atoms with van der Waals surface area (Å²) < 4.78 is 3.48. The number of hydrogen-bond donors (Lipinski definition) is 1. The first-order valence-corrected chi connectivity index (χ1v) is 10.8. The monoisotopic (exact) mass is 453 g/mol. The first kappa shape index (κ1) is 20.7. The number of nitrogens with one attached hydrogen (secondary N) is 1. The molecule has 0 radical (unpaired) electrons. The lowest BCUT2D eigenvalue weighted by Gasteiger charge is -2.08. The van der Waals surface area contributed by atoms with Gasteiger partial charge in [0.25, 0.3) is 5.91 Å². The number of aromatic nitrogens is 4. The van der Waals surface area contributed by atoms with Crippen molar-refractivity contribution in [2.24, 2.45) is 0 Å². The lowest BCUT2D eigenvalue weighted by molar-refractivity contribution is 0.102. The Bertz CT molecular complexity index is 1390. The van der Waals surface area contributed by atoms with Crippen LogP contribution in [0.5, 0.6) is 0 Å². The number of hydrogen-bond acceptors (Lipinski definition) is 3. The van der Waals surface area contributed by atoms with E-state index in [1.165, 1.54) is 0 Å². The van der Waals surface area contributed by atoms with Crippen molar-refractivity contribution in [2.75, 3.05) is 5.32 Å². The van der Waals surface area contributed by atoms with Crippen LogP contribution in [0.3, 0.4) is 0 Å². The number of para-hydroxylation sites is 1. The molecule has 2 heterocycles. The van der Waals surface area contributed by atoms with E-state index in [-0.39, 0.29) is 5.91 Å². The Morgan fingerprint density at radius 2 is 1.67 bits per heavy atom. The lowest BCUT2D eigenvalue weighted by atomic mass is 10.1. The van der Waals surface area contributed by atoms with Crippen LogP contribution in [0.25, 0.3) is 16.9 Å². The summed E-state index contributed by atoms with van der Waals surface area (Å²) in [6.07, 6.45) is 5.13. The summed E-state index contributed by atoms with van der Waals surface area (Å²) in [6, 6.07) is 27.1. The molecule has 33 heavy (non-hydrogen) atoms. The maximum atomic E-state index is 13.3. The van der Waals surface area contributed by atoms with Crippen molar-refractivity contribution in [2.45, 2.75) is 6.54 Å². The second kappa shape index (κ2) is 9.14. The van der Waals surface area contributed by atoms with Gasteiger partial charge in [-0.3, -0.25) is 9.48 Å². The maximum Gasteiger partial charge on any atom is 0.259 e. The molecule has 0 aliphatic rings. The van der Waals surface area contributed by atoms with Gasteiger partial charge in [0.05, 0.1) is 29.0 Å². The molecule has 5 aromatic rings. The van der Waals surface area contributed by atoms with Crippen LogP contribution >= 0.6 is 11.6 Å². The van der Waals surface area contributed by atoms with Gasteiger partial charge in [0, 0.05) is 23.6 Å². The zero-order valence-electron chi connectivity index (χ0n) is 17.6. The minimum atomic E-state index is -0.227. The molecule has 0 spiro atoms. The summed E-state index contributed by atoms with van der Waals surface area (Å²) in [6.45, 7) is 0.553. The highest BCUT2D eigenvalue weighted by Gasteiger charge is 2.19. The molecular weight excluding hydrogens is 434 g/mol. The fourth-order valence-corrected chi connectivity index (χ4v) is 3.78. The van der Waals surface area contributed by atoms with Gasteiger partial charge in [0.15, 0.2) is 0 Å². The fourth-order valence-electron chi connectivity index (χ4n) is 3.62. The highest BCUT2D eigenvalue weighted by atomic mass is 35.5. The number of amides is 1. The van der Waals surface area contributed by atoms with Crippen molar-refractivity contribution in [1.29, 1.82) is 0 Å². The van der Waals surface area contributed by atoms with Gasteiger partial charge in [-0.05, 0) is 29.8 Å². The van der Waals surface area contributed by atoms with E-state index in [0.29, 0.717) is 28.5 Å². The van der Waals surface area contributed by atoms with Crippen LogP contribution in [0, 0.1) is 0 Å². The quantitative estimate of drug-likeness (QED) is 0.359. The smallest absolute Gasteiger partial charge is 0.259 e. The summed E-state index contributed by atoms with van der Waals surface area (Å²) >= 11 is 5.96. The maximum absolute atomic E-state index is 13.3. The van der Waals surface area contributed by atoms with Crippen LogP contribution in [-0.4, -0.2) is 25.5 Å². The minimum absolute atomic E-state index is 0.227. The number of nitrogens with zero attached hydrogens (tertiary/aromatic N) is 4. The zero-order chi connectivity index (χ0) is 22.6. The normalized spacial score (nSPS) is 10.8. The second-order valence-electron chi connectivity index (χ2n) is 7.55. The average Bonchev–Trinajstić information content (AvgIpc) is 3.47. The predicted octanol–water partition coefficient (Wildman–Crippen LogP) is 5.69. The van der Waals surface area contributed by atoms with Crippen LogP contribution in [0.2, 0.25) is 5.02 Å². The number of anilines is 1. The molecule has 0 saturated heterocycles. The van der Waals surface area contributed by atoms with Crippen molar-refractivity contribution < 1.29 is 4.79 Å². The summed E-state index contributed by atoms with van der Waals surface area (Å²) in [5.41, 5.74) is 4.57. The van der Waals surface area contributed by atoms with Crippen LogP contribution in [0.15, 0.2) is 104 Å². The third-order valence-corrected chi connectivity index (χ3v) is 5.35.